The Hall–Kier alpha value is -1.14. The van der Waals surface area contributed by atoms with E-state index < -0.39 is 23.6 Å². The molecule has 0 saturated carbocycles. The molecule has 1 heterocycles. The summed E-state index contributed by atoms with van der Waals surface area (Å²) in [4.78, 5) is 25.0. The van der Waals surface area contributed by atoms with Crippen LogP contribution in [0.5, 0.6) is 0 Å². The monoisotopic (exact) mass is 377 g/mol. The fraction of sp³-hybridized carbons (Fsp3) is 0.429. The summed E-state index contributed by atoms with van der Waals surface area (Å²) in [5, 5.41) is 9.34. The predicted molar refractivity (Wildman–Crippen MR) is 80.0 cm³/mol. The van der Waals surface area contributed by atoms with Crippen molar-refractivity contribution in [1.82, 2.24) is 4.90 Å². The lowest BCUT2D eigenvalue weighted by atomic mass is 9.93. The lowest BCUT2D eigenvalue weighted by Gasteiger charge is -2.36. The maximum Gasteiger partial charge on any atom is 0.308 e. The molecule has 21 heavy (non-hydrogen) atoms. The van der Waals surface area contributed by atoms with Crippen LogP contribution < -0.4 is 0 Å². The second kappa shape index (κ2) is 6.32. The molecule has 1 amide bonds. The van der Waals surface area contributed by atoms with Gasteiger partial charge in [0, 0.05) is 17.6 Å². The van der Waals surface area contributed by atoms with E-state index in [2.05, 4.69) is 15.9 Å². The average molecular weight is 379 g/mol. The van der Waals surface area contributed by atoms with Crippen molar-refractivity contribution in [3.05, 3.63) is 33.0 Å². The number of carboxylic acid groups (broad SMARTS) is 1. The van der Waals surface area contributed by atoms with Crippen molar-refractivity contribution in [2.75, 3.05) is 6.54 Å². The Kier molecular flexibility index (Phi) is 4.88. The van der Waals surface area contributed by atoms with Crippen LogP contribution in [0.25, 0.3) is 0 Å². The quantitative estimate of drug-likeness (QED) is 0.801. The molecular formula is C14H14BrClFNO3. The SMILES string of the molecule is CC1CCC(C(=O)O)CN1C(=O)c1cc(Cl)cc(Br)c1F. The number of rotatable bonds is 2. The minimum Gasteiger partial charge on any atom is -0.481 e. The summed E-state index contributed by atoms with van der Waals surface area (Å²) >= 11 is 8.87. The molecule has 0 bridgehead atoms. The summed E-state index contributed by atoms with van der Waals surface area (Å²) in [6.07, 6.45) is 1.09. The molecule has 1 N–H and O–H groups in total. The fourth-order valence-electron chi connectivity index (χ4n) is 2.46. The Morgan fingerprint density at radius 2 is 2.10 bits per heavy atom. The van der Waals surface area contributed by atoms with Gasteiger partial charge in [0.15, 0.2) is 0 Å². The topological polar surface area (TPSA) is 57.6 Å². The highest BCUT2D eigenvalue weighted by atomic mass is 79.9. The van der Waals surface area contributed by atoms with Crippen LogP contribution in [0, 0.1) is 11.7 Å². The molecule has 1 saturated heterocycles. The third kappa shape index (κ3) is 3.37. The molecule has 0 aromatic heterocycles. The summed E-state index contributed by atoms with van der Waals surface area (Å²) in [6.45, 7) is 1.91. The van der Waals surface area contributed by atoms with Crippen LogP contribution in [0.3, 0.4) is 0 Å². The van der Waals surface area contributed by atoms with Gasteiger partial charge in [-0.15, -0.1) is 0 Å². The first-order valence-electron chi connectivity index (χ1n) is 6.49. The van der Waals surface area contributed by atoms with Crippen LogP contribution in [-0.2, 0) is 4.79 Å². The van der Waals surface area contributed by atoms with Crippen LogP contribution in [0.4, 0.5) is 4.39 Å². The number of aliphatic carboxylic acids is 1. The summed E-state index contributed by atoms with van der Waals surface area (Å²) in [5.41, 5.74) is -0.146. The Bertz CT molecular complexity index is 596. The molecule has 1 fully saturated rings. The van der Waals surface area contributed by atoms with E-state index >= 15 is 0 Å². The lowest BCUT2D eigenvalue weighted by Crippen LogP contribution is -2.47. The molecule has 2 atom stereocenters. The molecular weight excluding hydrogens is 365 g/mol. The first-order valence-corrected chi connectivity index (χ1v) is 7.66. The number of nitrogens with zero attached hydrogens (tertiary/aromatic N) is 1. The van der Waals surface area contributed by atoms with Gasteiger partial charge in [-0.05, 0) is 47.8 Å². The number of benzene rings is 1. The number of halogens is 3. The standard InChI is InChI=1S/C14H14BrClFNO3/c1-7-2-3-8(14(20)21)6-18(7)13(19)10-4-9(16)5-11(15)12(10)17/h4-5,7-8H,2-3,6H2,1H3,(H,20,21). The number of hydrogen-bond acceptors (Lipinski definition) is 2. The minimum absolute atomic E-state index is 0.0822. The molecule has 0 spiro atoms. The summed E-state index contributed by atoms with van der Waals surface area (Å²) < 4.78 is 14.2. The maximum absolute atomic E-state index is 14.1. The minimum atomic E-state index is -0.938. The van der Waals surface area contributed by atoms with Crippen molar-refractivity contribution in [3.63, 3.8) is 0 Å². The molecule has 4 nitrogen and oxygen atoms in total. The second-order valence-corrected chi connectivity index (χ2v) is 6.46. The van der Waals surface area contributed by atoms with Crippen molar-refractivity contribution >= 4 is 39.4 Å². The van der Waals surface area contributed by atoms with E-state index in [0.29, 0.717) is 12.8 Å². The fourth-order valence-corrected chi connectivity index (χ4v) is 3.27. The number of carbonyl (C=O) groups is 2. The van der Waals surface area contributed by atoms with Crippen LogP contribution in [0.2, 0.25) is 5.02 Å². The summed E-state index contributed by atoms with van der Waals surface area (Å²) in [7, 11) is 0. The Morgan fingerprint density at radius 1 is 1.43 bits per heavy atom. The summed E-state index contributed by atoms with van der Waals surface area (Å²) in [5.74, 6) is -2.77. The number of carbonyl (C=O) groups excluding carboxylic acids is 1. The highest BCUT2D eigenvalue weighted by Gasteiger charge is 2.34. The zero-order valence-corrected chi connectivity index (χ0v) is 13.6. The molecule has 114 valence electrons. The molecule has 1 aromatic rings. The molecule has 0 aliphatic carbocycles. The van der Waals surface area contributed by atoms with E-state index in [4.69, 9.17) is 16.7 Å². The van der Waals surface area contributed by atoms with E-state index in [1.54, 1.807) is 0 Å². The number of amides is 1. The maximum atomic E-state index is 14.1. The number of piperidine rings is 1. The van der Waals surface area contributed by atoms with Crippen molar-refractivity contribution in [2.24, 2.45) is 5.92 Å². The van der Waals surface area contributed by atoms with Gasteiger partial charge in [0.1, 0.15) is 5.82 Å². The first kappa shape index (κ1) is 16.2. The smallest absolute Gasteiger partial charge is 0.308 e. The van der Waals surface area contributed by atoms with Gasteiger partial charge in [0.2, 0.25) is 0 Å². The van der Waals surface area contributed by atoms with E-state index in [-0.39, 0.29) is 27.6 Å². The zero-order valence-electron chi connectivity index (χ0n) is 11.3. The van der Waals surface area contributed by atoms with Crippen molar-refractivity contribution in [3.8, 4) is 0 Å². The van der Waals surface area contributed by atoms with Gasteiger partial charge in [0.05, 0.1) is 16.0 Å². The molecule has 2 rings (SSSR count). The number of likely N-dealkylation sites (tertiary alicyclic amines) is 1. The lowest BCUT2D eigenvalue weighted by molar-refractivity contribution is -0.143. The van der Waals surface area contributed by atoms with E-state index in [1.165, 1.54) is 17.0 Å². The third-order valence-electron chi connectivity index (χ3n) is 3.72. The summed E-state index contributed by atoms with van der Waals surface area (Å²) in [6, 6.07) is 2.50. The van der Waals surface area contributed by atoms with Gasteiger partial charge in [-0.25, -0.2) is 4.39 Å². The van der Waals surface area contributed by atoms with Crippen molar-refractivity contribution in [1.29, 1.82) is 0 Å². The molecule has 2 unspecified atom stereocenters. The van der Waals surface area contributed by atoms with E-state index in [9.17, 15) is 14.0 Å². The van der Waals surface area contributed by atoms with Crippen molar-refractivity contribution < 1.29 is 19.1 Å². The van der Waals surface area contributed by atoms with E-state index in [1.807, 2.05) is 6.92 Å². The van der Waals surface area contributed by atoms with Gasteiger partial charge in [-0.1, -0.05) is 11.6 Å². The largest absolute Gasteiger partial charge is 0.481 e. The molecule has 1 aliphatic heterocycles. The highest BCUT2D eigenvalue weighted by molar-refractivity contribution is 9.10. The molecule has 0 radical (unpaired) electrons. The normalized spacial score (nSPS) is 22.2. The zero-order chi connectivity index (χ0) is 15.7. The Morgan fingerprint density at radius 3 is 2.71 bits per heavy atom. The van der Waals surface area contributed by atoms with Gasteiger partial charge in [0.25, 0.3) is 5.91 Å². The Balaban J connectivity index is 2.32. The molecule has 7 heteroatoms. The van der Waals surface area contributed by atoms with Crippen LogP contribution >= 0.6 is 27.5 Å². The number of carboxylic acids is 1. The highest BCUT2D eigenvalue weighted by Crippen LogP contribution is 2.28. The molecule has 1 aliphatic rings. The third-order valence-corrected chi connectivity index (χ3v) is 4.51. The van der Waals surface area contributed by atoms with Crippen molar-refractivity contribution in [2.45, 2.75) is 25.8 Å². The van der Waals surface area contributed by atoms with Crippen LogP contribution in [0.15, 0.2) is 16.6 Å². The first-order chi connectivity index (χ1) is 9.81. The Labute approximate surface area is 135 Å². The van der Waals surface area contributed by atoms with Gasteiger partial charge < -0.3 is 10.0 Å². The van der Waals surface area contributed by atoms with Gasteiger partial charge in [-0.2, -0.15) is 0 Å². The second-order valence-electron chi connectivity index (χ2n) is 5.17. The van der Waals surface area contributed by atoms with Crippen LogP contribution in [-0.4, -0.2) is 34.5 Å². The van der Waals surface area contributed by atoms with Crippen LogP contribution in [0.1, 0.15) is 30.1 Å². The number of hydrogen-bond donors (Lipinski definition) is 1. The van der Waals surface area contributed by atoms with Gasteiger partial charge >= 0.3 is 5.97 Å². The predicted octanol–water partition coefficient (Wildman–Crippen LogP) is 3.57. The molecule has 1 aromatic carbocycles. The van der Waals surface area contributed by atoms with Gasteiger partial charge in [-0.3, -0.25) is 9.59 Å². The van der Waals surface area contributed by atoms with E-state index in [0.717, 1.165) is 0 Å². The average Bonchev–Trinajstić information content (AvgIpc) is 2.42.